The smallest absolute Gasteiger partial charge is 0.265 e. The lowest BCUT2D eigenvalue weighted by molar-refractivity contribution is -0.121. The number of carbonyl (C=O) groups excluding carboxylic acids is 1. The van der Waals surface area contributed by atoms with Gasteiger partial charge in [-0.05, 0) is 12.1 Å². The molecule has 0 atom stereocenters. The molecule has 0 bridgehead atoms. The summed E-state index contributed by atoms with van der Waals surface area (Å²) in [5, 5.41) is 0. The fourth-order valence-electron chi connectivity index (χ4n) is 1.65. The molecule has 0 radical (unpaired) electrons. The van der Waals surface area contributed by atoms with E-state index in [0.29, 0.717) is 24.6 Å². The molecule has 1 aromatic carbocycles. The minimum absolute atomic E-state index is 0.0557. The molecule has 2 N–H and O–H groups in total. The highest BCUT2D eigenvalue weighted by Crippen LogP contribution is 2.33. The molecule has 1 aromatic rings. The van der Waals surface area contributed by atoms with Crippen LogP contribution in [0.15, 0.2) is 18.2 Å². The number of fused-ring (bicyclic) bond motifs is 1. The minimum Gasteiger partial charge on any atom is -0.481 e. The van der Waals surface area contributed by atoms with Crippen LogP contribution in [0.25, 0.3) is 0 Å². The molecule has 0 unspecified atom stereocenters. The monoisotopic (exact) mass is 222 g/mol. The fourth-order valence-corrected chi connectivity index (χ4v) is 1.65. The number of benzene rings is 1. The number of anilines is 2. The number of hydrogen-bond acceptors (Lipinski definition) is 4. The summed E-state index contributed by atoms with van der Waals surface area (Å²) in [7, 11) is 1.61. The van der Waals surface area contributed by atoms with Crippen molar-refractivity contribution in [2.75, 3.05) is 37.5 Å². The van der Waals surface area contributed by atoms with Gasteiger partial charge in [-0.15, -0.1) is 0 Å². The predicted octanol–water partition coefficient (Wildman–Crippen LogP) is 0.641. The van der Waals surface area contributed by atoms with Crippen LogP contribution < -0.4 is 15.4 Å². The summed E-state index contributed by atoms with van der Waals surface area (Å²) in [6.07, 6.45) is 0. The second-order valence-electron chi connectivity index (χ2n) is 3.55. The SMILES string of the molecule is COCCN1C(=O)COc2cc(N)ccc21. The number of ether oxygens (including phenoxy) is 2. The minimum atomic E-state index is -0.0608. The number of amides is 1. The number of methoxy groups -OCH3 is 1. The highest BCUT2D eigenvalue weighted by molar-refractivity contribution is 5.98. The topological polar surface area (TPSA) is 64.8 Å². The lowest BCUT2D eigenvalue weighted by Gasteiger charge is -2.29. The van der Waals surface area contributed by atoms with Crippen molar-refractivity contribution >= 4 is 17.3 Å². The molecule has 1 aliphatic rings. The molecule has 0 spiro atoms. The highest BCUT2D eigenvalue weighted by Gasteiger charge is 2.24. The van der Waals surface area contributed by atoms with Crippen LogP contribution in [-0.4, -0.2) is 32.8 Å². The zero-order valence-electron chi connectivity index (χ0n) is 9.10. The number of hydrogen-bond donors (Lipinski definition) is 1. The Balaban J connectivity index is 2.29. The summed E-state index contributed by atoms with van der Waals surface area (Å²) >= 11 is 0. The summed E-state index contributed by atoms with van der Waals surface area (Å²) in [6.45, 7) is 1.07. The molecule has 1 heterocycles. The molecule has 0 saturated heterocycles. The number of nitrogens with two attached hydrogens (primary N) is 1. The molecule has 5 nitrogen and oxygen atoms in total. The van der Waals surface area contributed by atoms with Gasteiger partial charge in [0.05, 0.1) is 12.3 Å². The average molecular weight is 222 g/mol. The van der Waals surface area contributed by atoms with Crippen molar-refractivity contribution < 1.29 is 14.3 Å². The summed E-state index contributed by atoms with van der Waals surface area (Å²) in [5.41, 5.74) is 7.03. The van der Waals surface area contributed by atoms with E-state index in [2.05, 4.69) is 0 Å². The normalized spacial score (nSPS) is 14.6. The molecule has 0 saturated carbocycles. The van der Waals surface area contributed by atoms with Crippen molar-refractivity contribution in [1.29, 1.82) is 0 Å². The van der Waals surface area contributed by atoms with E-state index >= 15 is 0 Å². The van der Waals surface area contributed by atoms with E-state index in [1.807, 2.05) is 0 Å². The number of nitrogen functional groups attached to an aromatic ring is 1. The van der Waals surface area contributed by atoms with Crippen molar-refractivity contribution in [2.24, 2.45) is 0 Å². The second-order valence-corrected chi connectivity index (χ2v) is 3.55. The van der Waals surface area contributed by atoms with Crippen molar-refractivity contribution in [3.05, 3.63) is 18.2 Å². The van der Waals surface area contributed by atoms with Crippen LogP contribution in [0.4, 0.5) is 11.4 Å². The third-order valence-corrected chi connectivity index (χ3v) is 2.45. The highest BCUT2D eigenvalue weighted by atomic mass is 16.5. The van der Waals surface area contributed by atoms with E-state index in [0.717, 1.165) is 5.69 Å². The Hall–Kier alpha value is -1.75. The van der Waals surface area contributed by atoms with E-state index in [1.54, 1.807) is 30.2 Å². The maximum Gasteiger partial charge on any atom is 0.265 e. The Kier molecular flexibility index (Phi) is 2.96. The number of rotatable bonds is 3. The summed E-state index contributed by atoms with van der Waals surface area (Å²) < 4.78 is 10.3. The number of nitrogens with zero attached hydrogens (tertiary/aromatic N) is 1. The Labute approximate surface area is 93.7 Å². The maximum absolute atomic E-state index is 11.7. The third kappa shape index (κ3) is 1.94. The Bertz CT molecular complexity index is 406. The molecule has 0 aliphatic carbocycles. The molecular weight excluding hydrogens is 208 g/mol. The van der Waals surface area contributed by atoms with Crippen LogP contribution in [0.2, 0.25) is 0 Å². The summed E-state index contributed by atoms with van der Waals surface area (Å²) in [4.78, 5) is 13.3. The van der Waals surface area contributed by atoms with Gasteiger partial charge in [0.25, 0.3) is 5.91 Å². The first kappa shape index (κ1) is 10.8. The predicted molar refractivity (Wildman–Crippen MR) is 60.6 cm³/mol. The molecule has 16 heavy (non-hydrogen) atoms. The van der Waals surface area contributed by atoms with Gasteiger partial charge in [0, 0.05) is 25.4 Å². The van der Waals surface area contributed by atoms with E-state index in [9.17, 15) is 4.79 Å². The van der Waals surface area contributed by atoms with Crippen LogP contribution in [-0.2, 0) is 9.53 Å². The molecule has 86 valence electrons. The second kappa shape index (κ2) is 4.40. The van der Waals surface area contributed by atoms with Gasteiger partial charge in [0.1, 0.15) is 5.75 Å². The first-order chi connectivity index (χ1) is 7.72. The van der Waals surface area contributed by atoms with Gasteiger partial charge in [-0.3, -0.25) is 4.79 Å². The van der Waals surface area contributed by atoms with Crippen LogP contribution in [0, 0.1) is 0 Å². The molecule has 0 fully saturated rings. The third-order valence-electron chi connectivity index (χ3n) is 2.45. The Morgan fingerprint density at radius 3 is 3.12 bits per heavy atom. The zero-order valence-corrected chi connectivity index (χ0v) is 9.10. The quantitative estimate of drug-likeness (QED) is 0.762. The maximum atomic E-state index is 11.7. The van der Waals surface area contributed by atoms with Crippen LogP contribution in [0.5, 0.6) is 5.75 Å². The molecule has 1 aliphatic heterocycles. The van der Waals surface area contributed by atoms with E-state index in [4.69, 9.17) is 15.2 Å². The van der Waals surface area contributed by atoms with Crippen LogP contribution in [0.1, 0.15) is 0 Å². The van der Waals surface area contributed by atoms with Crippen LogP contribution in [0.3, 0.4) is 0 Å². The standard InChI is InChI=1S/C11H14N2O3/c1-15-5-4-13-9-3-2-8(12)6-10(9)16-7-11(13)14/h2-3,6H,4-5,7,12H2,1H3. The molecule has 1 amide bonds. The number of carbonyl (C=O) groups is 1. The first-order valence-corrected chi connectivity index (χ1v) is 5.04. The van der Waals surface area contributed by atoms with Crippen molar-refractivity contribution in [2.45, 2.75) is 0 Å². The molecular formula is C11H14N2O3. The van der Waals surface area contributed by atoms with Gasteiger partial charge in [0.15, 0.2) is 6.61 Å². The van der Waals surface area contributed by atoms with Gasteiger partial charge in [-0.2, -0.15) is 0 Å². The van der Waals surface area contributed by atoms with Crippen molar-refractivity contribution in [3.8, 4) is 5.75 Å². The average Bonchev–Trinajstić information content (AvgIpc) is 2.28. The largest absolute Gasteiger partial charge is 0.481 e. The van der Waals surface area contributed by atoms with Gasteiger partial charge >= 0.3 is 0 Å². The van der Waals surface area contributed by atoms with E-state index in [-0.39, 0.29) is 12.5 Å². The van der Waals surface area contributed by atoms with Gasteiger partial charge < -0.3 is 20.1 Å². The Morgan fingerprint density at radius 1 is 1.56 bits per heavy atom. The van der Waals surface area contributed by atoms with Crippen molar-refractivity contribution in [3.63, 3.8) is 0 Å². The summed E-state index contributed by atoms with van der Waals surface area (Å²) in [6, 6.07) is 5.26. The molecule has 2 rings (SSSR count). The van der Waals surface area contributed by atoms with Gasteiger partial charge in [0.2, 0.25) is 0 Å². The van der Waals surface area contributed by atoms with E-state index in [1.165, 1.54) is 0 Å². The van der Waals surface area contributed by atoms with E-state index < -0.39 is 0 Å². The lowest BCUT2D eigenvalue weighted by Crippen LogP contribution is -2.40. The fraction of sp³-hybridized carbons (Fsp3) is 0.364. The zero-order chi connectivity index (χ0) is 11.5. The lowest BCUT2D eigenvalue weighted by atomic mass is 10.2. The van der Waals surface area contributed by atoms with Gasteiger partial charge in [-0.1, -0.05) is 0 Å². The Morgan fingerprint density at radius 2 is 2.38 bits per heavy atom. The van der Waals surface area contributed by atoms with Crippen LogP contribution >= 0.6 is 0 Å². The summed E-state index contributed by atoms with van der Waals surface area (Å²) in [5.74, 6) is 0.588. The van der Waals surface area contributed by atoms with Crippen molar-refractivity contribution in [1.82, 2.24) is 0 Å². The molecule has 5 heteroatoms. The van der Waals surface area contributed by atoms with Gasteiger partial charge in [-0.25, -0.2) is 0 Å². The molecule has 0 aromatic heterocycles. The first-order valence-electron chi connectivity index (χ1n) is 5.04.